The number of piperazine rings is 1. The molecule has 0 spiro atoms. The summed E-state index contributed by atoms with van der Waals surface area (Å²) in [4.78, 5) is 30.3. The molecule has 1 N–H and O–H groups in total. The van der Waals surface area contributed by atoms with Crippen LogP contribution in [0.25, 0.3) is 0 Å². The van der Waals surface area contributed by atoms with Crippen molar-refractivity contribution in [2.24, 2.45) is 0 Å². The molecule has 0 aromatic carbocycles. The molecule has 9 heteroatoms. The maximum atomic E-state index is 12.4. The fourth-order valence-corrected chi connectivity index (χ4v) is 3.33. The van der Waals surface area contributed by atoms with Gasteiger partial charge in [0.15, 0.2) is 11.5 Å². The molecule has 0 unspecified atom stereocenters. The number of anilines is 1. The van der Waals surface area contributed by atoms with Gasteiger partial charge >= 0.3 is 6.09 Å². The molecule has 9 nitrogen and oxygen atoms in total. The van der Waals surface area contributed by atoms with E-state index in [1.165, 1.54) is 0 Å². The van der Waals surface area contributed by atoms with Crippen LogP contribution in [0.4, 0.5) is 10.6 Å². The summed E-state index contributed by atoms with van der Waals surface area (Å²) in [5, 5.41) is 11.3. The van der Waals surface area contributed by atoms with Crippen molar-refractivity contribution in [2.45, 2.75) is 25.8 Å². The molecular formula is C18H28N6O3. The highest BCUT2D eigenvalue weighted by atomic mass is 16.6. The average Bonchev–Trinajstić information content (AvgIpc) is 2.69. The summed E-state index contributed by atoms with van der Waals surface area (Å²) in [6.07, 6.45) is 1.13. The van der Waals surface area contributed by atoms with Gasteiger partial charge in [-0.05, 0) is 38.9 Å². The summed E-state index contributed by atoms with van der Waals surface area (Å²) in [6.45, 7) is 7.14. The largest absolute Gasteiger partial charge is 0.450 e. The van der Waals surface area contributed by atoms with Gasteiger partial charge in [0.25, 0.3) is 5.91 Å². The molecule has 0 bridgehead atoms. The van der Waals surface area contributed by atoms with Crippen LogP contribution in [0.5, 0.6) is 0 Å². The lowest BCUT2D eigenvalue weighted by Crippen LogP contribution is -2.47. The van der Waals surface area contributed by atoms with Gasteiger partial charge in [0.1, 0.15) is 0 Å². The number of hydrogen-bond acceptors (Lipinski definition) is 7. The highest BCUT2D eigenvalue weighted by molar-refractivity contribution is 5.92. The van der Waals surface area contributed by atoms with E-state index < -0.39 is 0 Å². The minimum absolute atomic E-state index is 0.0299. The molecule has 3 heterocycles. The number of amides is 2. The quantitative estimate of drug-likeness (QED) is 0.822. The number of carbonyl (C=O) groups is 2. The van der Waals surface area contributed by atoms with Crippen molar-refractivity contribution in [2.75, 3.05) is 57.8 Å². The summed E-state index contributed by atoms with van der Waals surface area (Å²) >= 11 is 0. The summed E-state index contributed by atoms with van der Waals surface area (Å²) in [7, 11) is 2.10. The van der Waals surface area contributed by atoms with Gasteiger partial charge in [0.2, 0.25) is 0 Å². The molecule has 0 saturated carbocycles. The zero-order chi connectivity index (χ0) is 19.2. The summed E-state index contributed by atoms with van der Waals surface area (Å²) in [6, 6.07) is 3.61. The first-order chi connectivity index (χ1) is 13.1. The third kappa shape index (κ3) is 5.06. The highest BCUT2D eigenvalue weighted by Gasteiger charge is 2.25. The van der Waals surface area contributed by atoms with Crippen LogP contribution in [-0.2, 0) is 4.74 Å². The second-order valence-electron chi connectivity index (χ2n) is 7.00. The van der Waals surface area contributed by atoms with Crippen LogP contribution in [0.3, 0.4) is 0 Å². The summed E-state index contributed by atoms with van der Waals surface area (Å²) in [5.41, 5.74) is 0.320. The SMILES string of the molecule is CCOC(=O)N1CCC(NC(=O)c2ccc(N3CCN(C)CC3)nn2)CC1. The van der Waals surface area contributed by atoms with E-state index in [9.17, 15) is 9.59 Å². The van der Waals surface area contributed by atoms with E-state index >= 15 is 0 Å². The smallest absolute Gasteiger partial charge is 0.409 e. The zero-order valence-corrected chi connectivity index (χ0v) is 16.1. The van der Waals surface area contributed by atoms with E-state index in [-0.39, 0.29) is 18.0 Å². The maximum Gasteiger partial charge on any atom is 0.409 e. The van der Waals surface area contributed by atoms with Crippen LogP contribution in [0.15, 0.2) is 12.1 Å². The number of rotatable bonds is 4. The lowest BCUT2D eigenvalue weighted by atomic mass is 10.1. The predicted octanol–water partition coefficient (Wildman–Crippen LogP) is 0.579. The second kappa shape index (κ2) is 8.98. The normalized spacial score (nSPS) is 19.0. The zero-order valence-electron chi connectivity index (χ0n) is 16.1. The topological polar surface area (TPSA) is 90.9 Å². The lowest BCUT2D eigenvalue weighted by molar-refractivity contribution is 0.0856. The molecule has 0 aliphatic carbocycles. The van der Waals surface area contributed by atoms with Gasteiger partial charge in [-0.1, -0.05) is 0 Å². The van der Waals surface area contributed by atoms with Crippen molar-refractivity contribution in [3.8, 4) is 0 Å². The Labute approximate surface area is 159 Å². The van der Waals surface area contributed by atoms with Gasteiger partial charge in [-0.2, -0.15) is 0 Å². The van der Waals surface area contributed by atoms with Crippen molar-refractivity contribution in [1.82, 2.24) is 25.3 Å². The molecule has 3 rings (SSSR count). The van der Waals surface area contributed by atoms with E-state index in [0.717, 1.165) is 32.0 Å². The molecule has 27 heavy (non-hydrogen) atoms. The summed E-state index contributed by atoms with van der Waals surface area (Å²) in [5.74, 6) is 0.587. The van der Waals surface area contributed by atoms with Crippen molar-refractivity contribution in [1.29, 1.82) is 0 Å². The molecule has 2 amide bonds. The Morgan fingerprint density at radius 3 is 2.41 bits per heavy atom. The third-order valence-electron chi connectivity index (χ3n) is 5.07. The first-order valence-electron chi connectivity index (χ1n) is 9.56. The summed E-state index contributed by atoms with van der Waals surface area (Å²) < 4.78 is 5.01. The molecule has 2 aliphatic heterocycles. The molecule has 1 aromatic heterocycles. The Morgan fingerprint density at radius 1 is 1.11 bits per heavy atom. The Bertz CT molecular complexity index is 637. The van der Waals surface area contributed by atoms with E-state index in [0.29, 0.717) is 38.2 Å². The third-order valence-corrected chi connectivity index (χ3v) is 5.07. The van der Waals surface area contributed by atoms with Crippen LogP contribution >= 0.6 is 0 Å². The van der Waals surface area contributed by atoms with Crippen molar-refractivity contribution >= 4 is 17.8 Å². The van der Waals surface area contributed by atoms with Crippen molar-refractivity contribution < 1.29 is 14.3 Å². The van der Waals surface area contributed by atoms with Crippen LogP contribution in [0, 0.1) is 0 Å². The fourth-order valence-electron chi connectivity index (χ4n) is 3.33. The molecule has 1 aromatic rings. The maximum absolute atomic E-state index is 12.4. The van der Waals surface area contributed by atoms with E-state index in [2.05, 4.69) is 32.4 Å². The minimum atomic E-state index is -0.285. The molecule has 0 atom stereocenters. The number of ether oxygens (including phenoxy) is 1. The monoisotopic (exact) mass is 376 g/mol. The van der Waals surface area contributed by atoms with E-state index in [1.807, 2.05) is 6.07 Å². The molecule has 2 fully saturated rings. The van der Waals surface area contributed by atoms with Gasteiger partial charge in [-0.15, -0.1) is 10.2 Å². The molecule has 148 valence electrons. The number of aromatic nitrogens is 2. The number of likely N-dealkylation sites (N-methyl/N-ethyl adjacent to an activating group) is 1. The Balaban J connectivity index is 1.48. The Kier molecular flexibility index (Phi) is 6.44. The van der Waals surface area contributed by atoms with Crippen molar-refractivity contribution in [3.63, 3.8) is 0 Å². The van der Waals surface area contributed by atoms with Gasteiger partial charge in [-0.3, -0.25) is 4.79 Å². The van der Waals surface area contributed by atoms with Crippen LogP contribution in [-0.4, -0.2) is 91.0 Å². The number of hydrogen-bond donors (Lipinski definition) is 1. The Hall–Kier alpha value is -2.42. The van der Waals surface area contributed by atoms with Crippen molar-refractivity contribution in [3.05, 3.63) is 17.8 Å². The van der Waals surface area contributed by atoms with E-state index in [4.69, 9.17) is 4.74 Å². The Morgan fingerprint density at radius 2 is 1.81 bits per heavy atom. The number of nitrogens with one attached hydrogen (secondary N) is 1. The van der Waals surface area contributed by atoms with Gasteiger partial charge in [-0.25, -0.2) is 4.79 Å². The molecule has 0 radical (unpaired) electrons. The minimum Gasteiger partial charge on any atom is -0.450 e. The number of nitrogens with zero attached hydrogens (tertiary/aromatic N) is 5. The first kappa shape index (κ1) is 19.3. The van der Waals surface area contributed by atoms with Gasteiger partial charge < -0.3 is 24.8 Å². The lowest BCUT2D eigenvalue weighted by Gasteiger charge is -2.33. The number of carbonyl (C=O) groups excluding carboxylic acids is 2. The molecule has 2 saturated heterocycles. The first-order valence-corrected chi connectivity index (χ1v) is 9.56. The van der Waals surface area contributed by atoms with Gasteiger partial charge in [0, 0.05) is 45.3 Å². The number of piperidine rings is 1. The van der Waals surface area contributed by atoms with Crippen LogP contribution in [0.1, 0.15) is 30.3 Å². The average molecular weight is 376 g/mol. The van der Waals surface area contributed by atoms with E-state index in [1.54, 1.807) is 17.9 Å². The second-order valence-corrected chi connectivity index (χ2v) is 7.00. The fraction of sp³-hybridized carbons (Fsp3) is 0.667. The molecular weight excluding hydrogens is 348 g/mol. The van der Waals surface area contributed by atoms with Crippen LogP contribution in [0.2, 0.25) is 0 Å². The van der Waals surface area contributed by atoms with Gasteiger partial charge in [0.05, 0.1) is 6.61 Å². The highest BCUT2D eigenvalue weighted by Crippen LogP contribution is 2.14. The van der Waals surface area contributed by atoms with Crippen LogP contribution < -0.4 is 10.2 Å². The number of likely N-dealkylation sites (tertiary alicyclic amines) is 1. The predicted molar refractivity (Wildman–Crippen MR) is 101 cm³/mol. The molecule has 2 aliphatic rings. The standard InChI is InChI=1S/C18H28N6O3/c1-3-27-18(26)24-8-6-14(7-9-24)19-17(25)15-4-5-16(21-20-15)23-12-10-22(2)11-13-23/h4-5,14H,3,6-13H2,1-2H3,(H,19,25).